The second-order valence-electron chi connectivity index (χ2n) is 1.73. The highest BCUT2D eigenvalue weighted by molar-refractivity contribution is 7.10. The number of methoxy groups -OCH3 is 1. The number of ether oxygens (including phenoxy) is 1. The summed E-state index contributed by atoms with van der Waals surface area (Å²) in [6.45, 7) is 0. The van der Waals surface area contributed by atoms with E-state index in [-0.39, 0.29) is 5.97 Å². The zero-order valence-electron chi connectivity index (χ0n) is 5.98. The van der Waals surface area contributed by atoms with E-state index in [0.717, 1.165) is 5.01 Å². The Morgan fingerprint density at radius 2 is 2.64 bits per heavy atom. The summed E-state index contributed by atoms with van der Waals surface area (Å²) >= 11 is 1.47. The summed E-state index contributed by atoms with van der Waals surface area (Å²) < 4.78 is 4.40. The fraction of sp³-hybridized carbons (Fsp3) is 0.143. The molecule has 1 heterocycles. The number of esters is 1. The Morgan fingerprint density at radius 1 is 1.82 bits per heavy atom. The van der Waals surface area contributed by atoms with E-state index in [1.807, 2.05) is 5.38 Å². The topological polar surface area (TPSA) is 39.2 Å². The molecule has 58 valence electrons. The van der Waals surface area contributed by atoms with Crippen molar-refractivity contribution in [3.8, 4) is 0 Å². The van der Waals surface area contributed by atoms with Crippen LogP contribution in [0.15, 0.2) is 17.7 Å². The molecule has 0 aliphatic rings. The lowest BCUT2D eigenvalue weighted by atomic mass is 10.5. The molecular formula is C7H7NO2S. The van der Waals surface area contributed by atoms with Crippen LogP contribution in [-0.2, 0) is 9.53 Å². The smallest absolute Gasteiger partial charge is 0.330 e. The van der Waals surface area contributed by atoms with Gasteiger partial charge in [-0.1, -0.05) is 0 Å². The molecule has 0 radical (unpaired) electrons. The Hall–Kier alpha value is -1.16. The Balaban J connectivity index is 2.55. The summed E-state index contributed by atoms with van der Waals surface area (Å²) in [6, 6.07) is 0. The van der Waals surface area contributed by atoms with Crippen molar-refractivity contribution in [2.45, 2.75) is 0 Å². The molecule has 0 amide bonds. The third-order valence-electron chi connectivity index (χ3n) is 1.01. The second-order valence-corrected chi connectivity index (χ2v) is 2.65. The average molecular weight is 169 g/mol. The maximum absolute atomic E-state index is 10.6. The number of carbonyl (C=O) groups is 1. The number of hydrogen-bond donors (Lipinski definition) is 0. The van der Waals surface area contributed by atoms with Crippen molar-refractivity contribution < 1.29 is 9.53 Å². The molecule has 0 aromatic carbocycles. The predicted octanol–water partition coefficient (Wildman–Crippen LogP) is 1.33. The van der Waals surface area contributed by atoms with Crippen molar-refractivity contribution in [2.24, 2.45) is 0 Å². The van der Waals surface area contributed by atoms with Gasteiger partial charge in [-0.25, -0.2) is 9.78 Å². The molecule has 0 aliphatic carbocycles. The molecule has 3 nitrogen and oxygen atoms in total. The lowest BCUT2D eigenvalue weighted by Gasteiger charge is -1.86. The van der Waals surface area contributed by atoms with E-state index in [1.54, 1.807) is 12.3 Å². The van der Waals surface area contributed by atoms with Gasteiger partial charge in [-0.3, -0.25) is 0 Å². The predicted molar refractivity (Wildman–Crippen MR) is 43.2 cm³/mol. The van der Waals surface area contributed by atoms with E-state index >= 15 is 0 Å². The fourth-order valence-electron chi connectivity index (χ4n) is 0.524. The molecule has 0 atom stereocenters. The van der Waals surface area contributed by atoms with Gasteiger partial charge in [0.2, 0.25) is 0 Å². The molecule has 0 saturated carbocycles. The summed E-state index contributed by atoms with van der Waals surface area (Å²) in [5.41, 5.74) is 0. The SMILES string of the molecule is COC(=O)/C=C/c1nccs1. The van der Waals surface area contributed by atoms with Crippen molar-refractivity contribution in [3.05, 3.63) is 22.7 Å². The zero-order valence-corrected chi connectivity index (χ0v) is 6.80. The third kappa shape index (κ3) is 2.51. The first-order valence-corrected chi connectivity index (χ1v) is 3.86. The molecular weight excluding hydrogens is 162 g/mol. The minimum Gasteiger partial charge on any atom is -0.466 e. The molecule has 1 rings (SSSR count). The van der Waals surface area contributed by atoms with Crippen LogP contribution in [0.3, 0.4) is 0 Å². The normalized spacial score (nSPS) is 10.3. The molecule has 0 N–H and O–H groups in total. The molecule has 0 aliphatic heterocycles. The molecule has 1 aromatic rings. The molecule has 0 fully saturated rings. The minimum atomic E-state index is -0.361. The van der Waals surface area contributed by atoms with Gasteiger partial charge in [-0.15, -0.1) is 11.3 Å². The zero-order chi connectivity index (χ0) is 8.10. The lowest BCUT2D eigenvalue weighted by Crippen LogP contribution is -1.92. The molecule has 0 spiro atoms. The third-order valence-corrected chi connectivity index (χ3v) is 1.76. The van der Waals surface area contributed by atoms with Crippen molar-refractivity contribution >= 4 is 23.4 Å². The highest BCUT2D eigenvalue weighted by atomic mass is 32.1. The van der Waals surface area contributed by atoms with E-state index in [9.17, 15) is 4.79 Å². The van der Waals surface area contributed by atoms with E-state index in [2.05, 4.69) is 9.72 Å². The highest BCUT2D eigenvalue weighted by Crippen LogP contribution is 2.05. The Morgan fingerprint density at radius 3 is 3.18 bits per heavy atom. The van der Waals surface area contributed by atoms with Crippen LogP contribution in [0, 0.1) is 0 Å². The molecule has 0 unspecified atom stereocenters. The van der Waals surface area contributed by atoms with Crippen LogP contribution in [-0.4, -0.2) is 18.1 Å². The average Bonchev–Trinajstić information content (AvgIpc) is 2.52. The van der Waals surface area contributed by atoms with Gasteiger partial charge in [-0.05, 0) is 6.08 Å². The number of rotatable bonds is 2. The minimum absolute atomic E-state index is 0.361. The van der Waals surface area contributed by atoms with E-state index in [0.29, 0.717) is 0 Å². The second kappa shape index (κ2) is 3.88. The van der Waals surface area contributed by atoms with Crippen LogP contribution < -0.4 is 0 Å². The Bertz CT molecular complexity index is 253. The van der Waals surface area contributed by atoms with Gasteiger partial charge in [0.05, 0.1) is 7.11 Å². The van der Waals surface area contributed by atoms with Crippen molar-refractivity contribution in [2.75, 3.05) is 7.11 Å². The van der Waals surface area contributed by atoms with Gasteiger partial charge in [0.15, 0.2) is 0 Å². The summed E-state index contributed by atoms with van der Waals surface area (Å²) in [6.07, 6.45) is 4.65. The van der Waals surface area contributed by atoms with E-state index in [4.69, 9.17) is 0 Å². The van der Waals surface area contributed by atoms with Crippen LogP contribution in [0.5, 0.6) is 0 Å². The van der Waals surface area contributed by atoms with Gasteiger partial charge >= 0.3 is 5.97 Å². The number of carbonyl (C=O) groups excluding carboxylic acids is 1. The molecule has 0 bridgehead atoms. The lowest BCUT2D eigenvalue weighted by molar-refractivity contribution is -0.134. The monoisotopic (exact) mass is 169 g/mol. The van der Waals surface area contributed by atoms with Crippen LogP contribution >= 0.6 is 11.3 Å². The van der Waals surface area contributed by atoms with Crippen molar-refractivity contribution in [1.82, 2.24) is 4.98 Å². The van der Waals surface area contributed by atoms with E-state index in [1.165, 1.54) is 24.5 Å². The number of nitrogens with zero attached hydrogens (tertiary/aromatic N) is 1. The van der Waals surface area contributed by atoms with Crippen LogP contribution in [0.4, 0.5) is 0 Å². The fourth-order valence-corrected chi connectivity index (χ4v) is 1.05. The van der Waals surface area contributed by atoms with Crippen LogP contribution in [0.25, 0.3) is 6.08 Å². The van der Waals surface area contributed by atoms with Crippen LogP contribution in [0.1, 0.15) is 5.01 Å². The quantitative estimate of drug-likeness (QED) is 0.495. The van der Waals surface area contributed by atoms with Gasteiger partial charge < -0.3 is 4.74 Å². The number of thiazole rings is 1. The number of hydrogen-bond acceptors (Lipinski definition) is 4. The summed E-state index contributed by atoms with van der Waals surface area (Å²) in [4.78, 5) is 14.5. The molecule has 11 heavy (non-hydrogen) atoms. The van der Waals surface area contributed by atoms with Gasteiger partial charge in [0.25, 0.3) is 0 Å². The largest absolute Gasteiger partial charge is 0.466 e. The summed E-state index contributed by atoms with van der Waals surface area (Å²) in [7, 11) is 1.34. The molecule has 1 aromatic heterocycles. The molecule has 0 saturated heterocycles. The summed E-state index contributed by atoms with van der Waals surface area (Å²) in [5, 5.41) is 2.65. The number of aromatic nitrogens is 1. The first-order chi connectivity index (χ1) is 5.33. The first kappa shape index (κ1) is 7.94. The van der Waals surface area contributed by atoms with Gasteiger partial charge in [0, 0.05) is 17.7 Å². The Labute approximate surface area is 68.3 Å². The van der Waals surface area contributed by atoms with Gasteiger partial charge in [-0.2, -0.15) is 0 Å². The van der Waals surface area contributed by atoms with Crippen molar-refractivity contribution in [1.29, 1.82) is 0 Å². The molecule has 4 heteroatoms. The Kier molecular flexibility index (Phi) is 2.80. The van der Waals surface area contributed by atoms with Crippen LogP contribution in [0.2, 0.25) is 0 Å². The van der Waals surface area contributed by atoms with Gasteiger partial charge in [0.1, 0.15) is 5.01 Å². The van der Waals surface area contributed by atoms with Crippen molar-refractivity contribution in [3.63, 3.8) is 0 Å². The maximum Gasteiger partial charge on any atom is 0.330 e. The maximum atomic E-state index is 10.6. The highest BCUT2D eigenvalue weighted by Gasteiger charge is 1.91. The standard InChI is InChI=1S/C7H7NO2S/c1-10-7(9)3-2-6-8-4-5-11-6/h2-5H,1H3/b3-2+. The van der Waals surface area contributed by atoms with E-state index < -0.39 is 0 Å². The summed E-state index contributed by atoms with van der Waals surface area (Å²) in [5.74, 6) is -0.361. The first-order valence-electron chi connectivity index (χ1n) is 2.98.